The molecule has 2 aromatic carbocycles. The summed E-state index contributed by atoms with van der Waals surface area (Å²) in [6, 6.07) is 14.0. The number of ether oxygens (including phenoxy) is 1. The van der Waals surface area contributed by atoms with Crippen LogP contribution in [0.15, 0.2) is 48.5 Å². The van der Waals surface area contributed by atoms with E-state index in [1.165, 1.54) is 17.7 Å². The first-order valence-corrected chi connectivity index (χ1v) is 8.39. The van der Waals surface area contributed by atoms with E-state index in [-0.39, 0.29) is 30.5 Å². The summed E-state index contributed by atoms with van der Waals surface area (Å²) in [5.74, 6) is -1.42. The Labute approximate surface area is 146 Å². The number of halogens is 1. The fourth-order valence-electron chi connectivity index (χ4n) is 3.13. The number of nitrogens with one attached hydrogen (secondary N) is 1. The van der Waals surface area contributed by atoms with Gasteiger partial charge >= 0.3 is 5.97 Å². The minimum Gasteiger partial charge on any atom is -0.455 e. The lowest BCUT2D eigenvalue weighted by molar-refractivity contribution is -0.148. The molecule has 0 saturated carbocycles. The molecular formula is C20H20FNO3. The van der Waals surface area contributed by atoms with E-state index in [1.54, 1.807) is 12.1 Å². The van der Waals surface area contributed by atoms with Crippen molar-refractivity contribution in [2.24, 2.45) is 0 Å². The fraction of sp³-hybridized carbons (Fsp3) is 0.300. The third-order valence-electron chi connectivity index (χ3n) is 4.36. The van der Waals surface area contributed by atoms with Gasteiger partial charge in [-0.1, -0.05) is 42.5 Å². The number of rotatable bonds is 5. The van der Waals surface area contributed by atoms with E-state index in [9.17, 15) is 14.0 Å². The maximum absolute atomic E-state index is 13.5. The second kappa shape index (κ2) is 7.92. The van der Waals surface area contributed by atoms with E-state index in [0.717, 1.165) is 24.8 Å². The highest BCUT2D eigenvalue weighted by molar-refractivity contribution is 5.81. The minimum atomic E-state index is -0.621. The van der Waals surface area contributed by atoms with E-state index in [1.807, 2.05) is 18.2 Å². The normalized spacial score (nSPS) is 16.0. The number of carbonyl (C=O) groups is 2. The van der Waals surface area contributed by atoms with Crippen molar-refractivity contribution >= 4 is 11.9 Å². The van der Waals surface area contributed by atoms with Crippen LogP contribution in [-0.2, 0) is 27.2 Å². The van der Waals surface area contributed by atoms with Crippen LogP contribution in [0.4, 0.5) is 4.39 Å². The minimum absolute atomic E-state index is 0.0530. The molecule has 0 fully saturated rings. The van der Waals surface area contributed by atoms with Gasteiger partial charge in [-0.15, -0.1) is 0 Å². The highest BCUT2D eigenvalue weighted by Gasteiger charge is 2.21. The predicted molar refractivity (Wildman–Crippen MR) is 91.3 cm³/mol. The zero-order valence-electron chi connectivity index (χ0n) is 13.8. The van der Waals surface area contributed by atoms with Crippen LogP contribution < -0.4 is 5.32 Å². The summed E-state index contributed by atoms with van der Waals surface area (Å²) in [5.41, 5.74) is 2.63. The molecule has 0 aromatic heterocycles. The van der Waals surface area contributed by atoms with Crippen molar-refractivity contribution in [3.05, 3.63) is 71.0 Å². The van der Waals surface area contributed by atoms with E-state index >= 15 is 0 Å². The Balaban J connectivity index is 1.50. The number of amides is 1. The Bertz CT molecular complexity index is 775. The van der Waals surface area contributed by atoms with Crippen molar-refractivity contribution in [3.8, 4) is 0 Å². The lowest BCUT2D eigenvalue weighted by Gasteiger charge is -2.26. The molecule has 0 heterocycles. The van der Waals surface area contributed by atoms with Crippen LogP contribution in [0.2, 0.25) is 0 Å². The molecular weight excluding hydrogens is 321 g/mol. The molecule has 3 rings (SSSR count). The summed E-state index contributed by atoms with van der Waals surface area (Å²) in [7, 11) is 0. The highest BCUT2D eigenvalue weighted by atomic mass is 19.1. The van der Waals surface area contributed by atoms with Gasteiger partial charge in [-0.3, -0.25) is 9.59 Å². The summed E-state index contributed by atoms with van der Waals surface area (Å²) in [6.45, 7) is -0.355. The standard InChI is InChI=1S/C20H20FNO3/c21-17-10-4-2-7-15(17)12-20(24)25-13-19(23)22-18-11-5-8-14-6-1-3-9-16(14)18/h1-4,6-7,9-10,18H,5,8,11-13H2,(H,22,23)/t18-/m1/s1. The van der Waals surface area contributed by atoms with Gasteiger partial charge in [0.05, 0.1) is 12.5 Å². The van der Waals surface area contributed by atoms with Gasteiger partial charge in [-0.25, -0.2) is 4.39 Å². The van der Waals surface area contributed by atoms with Gasteiger partial charge < -0.3 is 10.1 Å². The highest BCUT2D eigenvalue weighted by Crippen LogP contribution is 2.29. The van der Waals surface area contributed by atoms with Crippen molar-refractivity contribution < 1.29 is 18.7 Å². The molecule has 1 aliphatic carbocycles. The van der Waals surface area contributed by atoms with Crippen molar-refractivity contribution in [1.82, 2.24) is 5.32 Å². The maximum Gasteiger partial charge on any atom is 0.310 e. The summed E-state index contributed by atoms with van der Waals surface area (Å²) in [5, 5.41) is 2.92. The summed E-state index contributed by atoms with van der Waals surface area (Å²) >= 11 is 0. The van der Waals surface area contributed by atoms with E-state index in [2.05, 4.69) is 11.4 Å². The Morgan fingerprint density at radius 2 is 1.88 bits per heavy atom. The second-order valence-electron chi connectivity index (χ2n) is 6.14. The van der Waals surface area contributed by atoms with Crippen LogP contribution in [0.25, 0.3) is 0 Å². The zero-order valence-corrected chi connectivity index (χ0v) is 13.8. The molecule has 4 nitrogen and oxygen atoms in total. The van der Waals surface area contributed by atoms with E-state index in [4.69, 9.17) is 4.74 Å². The molecule has 1 aliphatic rings. The summed E-state index contributed by atoms with van der Waals surface area (Å²) in [4.78, 5) is 23.9. The summed E-state index contributed by atoms with van der Waals surface area (Å²) in [6.07, 6.45) is 2.70. The van der Waals surface area contributed by atoms with Crippen molar-refractivity contribution in [2.45, 2.75) is 31.7 Å². The van der Waals surface area contributed by atoms with Crippen molar-refractivity contribution in [3.63, 3.8) is 0 Å². The van der Waals surface area contributed by atoms with Gasteiger partial charge in [0.1, 0.15) is 5.82 Å². The van der Waals surface area contributed by atoms with Crippen LogP contribution >= 0.6 is 0 Å². The largest absolute Gasteiger partial charge is 0.455 e. The molecule has 1 N–H and O–H groups in total. The van der Waals surface area contributed by atoms with E-state index in [0.29, 0.717) is 0 Å². The second-order valence-corrected chi connectivity index (χ2v) is 6.14. The Kier molecular flexibility index (Phi) is 5.43. The third-order valence-corrected chi connectivity index (χ3v) is 4.36. The lowest BCUT2D eigenvalue weighted by Crippen LogP contribution is -2.34. The lowest BCUT2D eigenvalue weighted by atomic mass is 9.88. The number of fused-ring (bicyclic) bond motifs is 1. The molecule has 0 radical (unpaired) electrons. The first-order chi connectivity index (χ1) is 12.1. The molecule has 5 heteroatoms. The SMILES string of the molecule is O=C(COC(=O)Cc1ccccc1F)N[C@@H]1CCCc2ccccc21. The molecule has 2 aromatic rings. The molecule has 1 atom stereocenters. The van der Waals surface area contributed by atoms with Crippen LogP contribution in [0.1, 0.15) is 35.6 Å². The number of hydrogen-bond donors (Lipinski definition) is 1. The maximum atomic E-state index is 13.5. The molecule has 0 unspecified atom stereocenters. The molecule has 0 spiro atoms. The van der Waals surface area contributed by atoms with Crippen molar-refractivity contribution in [1.29, 1.82) is 0 Å². The van der Waals surface area contributed by atoms with Crippen LogP contribution in [0, 0.1) is 5.82 Å². The quantitative estimate of drug-likeness (QED) is 0.850. The monoisotopic (exact) mass is 341 g/mol. The van der Waals surface area contributed by atoms with Gasteiger partial charge in [-0.05, 0) is 42.0 Å². The van der Waals surface area contributed by atoms with Crippen molar-refractivity contribution in [2.75, 3.05) is 6.61 Å². The average molecular weight is 341 g/mol. The third kappa shape index (κ3) is 4.44. The average Bonchev–Trinajstić information content (AvgIpc) is 2.62. The Hall–Kier alpha value is -2.69. The van der Waals surface area contributed by atoms with Crippen LogP contribution in [0.3, 0.4) is 0 Å². The number of carbonyl (C=O) groups excluding carboxylic acids is 2. The molecule has 25 heavy (non-hydrogen) atoms. The van der Waals surface area contributed by atoms with E-state index < -0.39 is 11.8 Å². The smallest absolute Gasteiger partial charge is 0.310 e. The molecule has 0 saturated heterocycles. The molecule has 130 valence electrons. The topological polar surface area (TPSA) is 55.4 Å². The van der Waals surface area contributed by atoms with Gasteiger partial charge in [0.25, 0.3) is 5.91 Å². The van der Waals surface area contributed by atoms with Gasteiger partial charge in [0.15, 0.2) is 6.61 Å². The fourth-order valence-corrected chi connectivity index (χ4v) is 3.13. The number of benzene rings is 2. The number of hydrogen-bond acceptors (Lipinski definition) is 3. The molecule has 0 aliphatic heterocycles. The first kappa shape index (κ1) is 17.1. The van der Waals surface area contributed by atoms with Gasteiger partial charge in [-0.2, -0.15) is 0 Å². The van der Waals surface area contributed by atoms with Gasteiger partial charge in [0.2, 0.25) is 0 Å². The van der Waals surface area contributed by atoms with Crippen LogP contribution in [-0.4, -0.2) is 18.5 Å². The number of aryl methyl sites for hydroxylation is 1. The molecule has 0 bridgehead atoms. The van der Waals surface area contributed by atoms with Crippen LogP contribution in [0.5, 0.6) is 0 Å². The number of esters is 1. The Morgan fingerprint density at radius 3 is 2.72 bits per heavy atom. The first-order valence-electron chi connectivity index (χ1n) is 8.39. The Morgan fingerprint density at radius 1 is 1.12 bits per heavy atom. The molecule has 1 amide bonds. The predicted octanol–water partition coefficient (Wildman–Crippen LogP) is 3.11. The zero-order chi connectivity index (χ0) is 17.6. The summed E-state index contributed by atoms with van der Waals surface area (Å²) < 4.78 is 18.5. The van der Waals surface area contributed by atoms with Gasteiger partial charge in [0, 0.05) is 0 Å².